The van der Waals surface area contributed by atoms with Crippen molar-refractivity contribution in [1.29, 1.82) is 0 Å². The smallest absolute Gasteiger partial charge is 0.478 e. The third-order valence-corrected chi connectivity index (χ3v) is 1.63. The fraction of sp³-hybridized carbons (Fsp3) is 0. The van der Waals surface area contributed by atoms with Gasteiger partial charge in [-0.1, -0.05) is 24.3 Å². The van der Waals surface area contributed by atoms with Crippen LogP contribution in [-0.4, -0.2) is 28.2 Å². The SMILES string of the molecule is O=C(O)/C=C/c1cccc(B(O)O)c1. The molecule has 5 heteroatoms. The lowest BCUT2D eigenvalue weighted by atomic mass is 9.79. The predicted octanol–water partition coefficient (Wildman–Crippen LogP) is -0.536. The van der Waals surface area contributed by atoms with Crippen LogP contribution >= 0.6 is 0 Å². The molecule has 0 aliphatic heterocycles. The van der Waals surface area contributed by atoms with Crippen molar-refractivity contribution in [2.24, 2.45) is 0 Å². The second-order valence-corrected chi connectivity index (χ2v) is 2.72. The first-order chi connectivity index (χ1) is 6.59. The van der Waals surface area contributed by atoms with Crippen molar-refractivity contribution >= 4 is 24.6 Å². The highest BCUT2D eigenvalue weighted by atomic mass is 16.4. The molecule has 0 saturated heterocycles. The topological polar surface area (TPSA) is 77.8 Å². The molecule has 0 radical (unpaired) electrons. The zero-order chi connectivity index (χ0) is 10.6. The Kier molecular flexibility index (Phi) is 3.44. The molecule has 0 bridgehead atoms. The van der Waals surface area contributed by atoms with Crippen LogP contribution in [0, 0.1) is 0 Å². The summed E-state index contributed by atoms with van der Waals surface area (Å²) in [6.07, 6.45) is 2.37. The molecule has 0 saturated carbocycles. The van der Waals surface area contributed by atoms with Crippen LogP contribution in [-0.2, 0) is 4.79 Å². The summed E-state index contributed by atoms with van der Waals surface area (Å²) in [5, 5.41) is 26.0. The molecule has 14 heavy (non-hydrogen) atoms. The van der Waals surface area contributed by atoms with Gasteiger partial charge in [0, 0.05) is 6.08 Å². The third-order valence-electron chi connectivity index (χ3n) is 1.63. The standard InChI is InChI=1S/C9H9BO4/c11-9(12)5-4-7-2-1-3-8(6-7)10(13)14/h1-6,13-14H,(H,11,12)/b5-4+. The quantitative estimate of drug-likeness (QED) is 0.444. The highest BCUT2D eigenvalue weighted by molar-refractivity contribution is 6.58. The van der Waals surface area contributed by atoms with Gasteiger partial charge in [-0.25, -0.2) is 4.79 Å². The van der Waals surface area contributed by atoms with Crippen LogP contribution in [0.5, 0.6) is 0 Å². The monoisotopic (exact) mass is 192 g/mol. The van der Waals surface area contributed by atoms with E-state index in [9.17, 15) is 4.79 Å². The molecule has 0 heterocycles. The number of hydrogen-bond acceptors (Lipinski definition) is 3. The van der Waals surface area contributed by atoms with E-state index in [1.54, 1.807) is 18.2 Å². The summed E-state index contributed by atoms with van der Waals surface area (Å²) in [4.78, 5) is 10.2. The Balaban J connectivity index is 2.89. The summed E-state index contributed by atoms with van der Waals surface area (Å²) in [6, 6.07) is 6.34. The normalized spacial score (nSPS) is 10.4. The molecule has 0 unspecified atom stereocenters. The second kappa shape index (κ2) is 4.60. The average Bonchev–Trinajstić information content (AvgIpc) is 2.15. The molecule has 4 nitrogen and oxygen atoms in total. The molecule has 0 atom stereocenters. The van der Waals surface area contributed by atoms with Crippen LogP contribution < -0.4 is 5.46 Å². The van der Waals surface area contributed by atoms with Gasteiger partial charge in [0.25, 0.3) is 0 Å². The van der Waals surface area contributed by atoms with E-state index in [2.05, 4.69) is 0 Å². The number of aliphatic carboxylic acids is 1. The summed E-state index contributed by atoms with van der Waals surface area (Å²) in [5.74, 6) is -1.04. The van der Waals surface area contributed by atoms with E-state index in [0.29, 0.717) is 11.0 Å². The van der Waals surface area contributed by atoms with E-state index < -0.39 is 13.1 Å². The van der Waals surface area contributed by atoms with Crippen LogP contribution in [0.4, 0.5) is 0 Å². The van der Waals surface area contributed by atoms with E-state index >= 15 is 0 Å². The van der Waals surface area contributed by atoms with Gasteiger partial charge in [-0.3, -0.25) is 0 Å². The third kappa shape index (κ3) is 3.04. The van der Waals surface area contributed by atoms with Gasteiger partial charge in [0.1, 0.15) is 0 Å². The molecule has 1 aromatic rings. The van der Waals surface area contributed by atoms with Gasteiger partial charge in [0.2, 0.25) is 0 Å². The van der Waals surface area contributed by atoms with Crippen LogP contribution in [0.25, 0.3) is 6.08 Å². The molecule has 0 aromatic heterocycles. The number of carboxylic acids is 1. The van der Waals surface area contributed by atoms with Gasteiger partial charge in [-0.15, -0.1) is 0 Å². The molecule has 1 rings (SSSR count). The van der Waals surface area contributed by atoms with E-state index in [4.69, 9.17) is 15.2 Å². The van der Waals surface area contributed by atoms with Crippen molar-refractivity contribution in [3.05, 3.63) is 35.9 Å². The van der Waals surface area contributed by atoms with Crippen LogP contribution in [0.15, 0.2) is 30.3 Å². The van der Waals surface area contributed by atoms with Gasteiger partial charge in [0.15, 0.2) is 0 Å². The lowest BCUT2D eigenvalue weighted by Crippen LogP contribution is -2.29. The van der Waals surface area contributed by atoms with E-state index in [0.717, 1.165) is 6.08 Å². The molecule has 72 valence electrons. The molecule has 1 aromatic carbocycles. The second-order valence-electron chi connectivity index (χ2n) is 2.72. The van der Waals surface area contributed by atoms with Crippen molar-refractivity contribution in [2.45, 2.75) is 0 Å². The Morgan fingerprint density at radius 1 is 1.36 bits per heavy atom. The first-order valence-corrected chi connectivity index (χ1v) is 3.96. The summed E-state index contributed by atoms with van der Waals surface area (Å²) >= 11 is 0. The van der Waals surface area contributed by atoms with Crippen molar-refractivity contribution in [1.82, 2.24) is 0 Å². The summed E-state index contributed by atoms with van der Waals surface area (Å²) in [7, 11) is -1.53. The lowest BCUT2D eigenvalue weighted by Gasteiger charge is -1.99. The molecular formula is C9H9BO4. The zero-order valence-electron chi connectivity index (χ0n) is 7.29. The number of benzene rings is 1. The maximum atomic E-state index is 10.2. The highest BCUT2D eigenvalue weighted by Gasteiger charge is 2.09. The van der Waals surface area contributed by atoms with Gasteiger partial charge in [0.05, 0.1) is 0 Å². The summed E-state index contributed by atoms with van der Waals surface area (Å²) < 4.78 is 0. The minimum absolute atomic E-state index is 0.331. The number of rotatable bonds is 3. The maximum absolute atomic E-state index is 10.2. The Morgan fingerprint density at radius 2 is 2.07 bits per heavy atom. The minimum atomic E-state index is -1.53. The molecule has 0 aliphatic rings. The highest BCUT2D eigenvalue weighted by Crippen LogP contribution is 1.99. The van der Waals surface area contributed by atoms with Crippen molar-refractivity contribution in [3.63, 3.8) is 0 Å². The number of hydrogen-bond donors (Lipinski definition) is 3. The average molecular weight is 192 g/mol. The Labute approximate surface area is 81.3 Å². The largest absolute Gasteiger partial charge is 0.488 e. The number of carboxylic acid groups (broad SMARTS) is 1. The van der Waals surface area contributed by atoms with Crippen molar-refractivity contribution in [2.75, 3.05) is 0 Å². The van der Waals surface area contributed by atoms with E-state index in [1.165, 1.54) is 12.1 Å². The Hall–Kier alpha value is -1.59. The molecular weight excluding hydrogens is 183 g/mol. The van der Waals surface area contributed by atoms with Gasteiger partial charge in [-0.05, 0) is 17.1 Å². The first-order valence-electron chi connectivity index (χ1n) is 3.96. The van der Waals surface area contributed by atoms with Gasteiger partial charge in [-0.2, -0.15) is 0 Å². The number of carbonyl (C=O) groups is 1. The molecule has 0 amide bonds. The van der Waals surface area contributed by atoms with E-state index in [1.807, 2.05) is 0 Å². The van der Waals surface area contributed by atoms with Crippen LogP contribution in [0.3, 0.4) is 0 Å². The fourth-order valence-corrected chi connectivity index (χ4v) is 0.991. The molecule has 3 N–H and O–H groups in total. The first kappa shape index (κ1) is 10.5. The van der Waals surface area contributed by atoms with Crippen molar-refractivity contribution in [3.8, 4) is 0 Å². The maximum Gasteiger partial charge on any atom is 0.488 e. The van der Waals surface area contributed by atoms with E-state index in [-0.39, 0.29) is 0 Å². The van der Waals surface area contributed by atoms with Crippen LogP contribution in [0.1, 0.15) is 5.56 Å². The Bertz CT molecular complexity index is 360. The minimum Gasteiger partial charge on any atom is -0.478 e. The predicted molar refractivity (Wildman–Crippen MR) is 52.9 cm³/mol. The fourth-order valence-electron chi connectivity index (χ4n) is 0.991. The lowest BCUT2D eigenvalue weighted by molar-refractivity contribution is -0.131. The summed E-state index contributed by atoms with van der Waals surface area (Å²) in [5.41, 5.74) is 0.940. The molecule has 0 spiro atoms. The van der Waals surface area contributed by atoms with Crippen molar-refractivity contribution < 1.29 is 19.9 Å². The molecule has 0 aliphatic carbocycles. The summed E-state index contributed by atoms with van der Waals surface area (Å²) in [6.45, 7) is 0. The van der Waals surface area contributed by atoms with Gasteiger partial charge < -0.3 is 15.2 Å². The Morgan fingerprint density at radius 3 is 2.64 bits per heavy atom. The van der Waals surface area contributed by atoms with Gasteiger partial charge >= 0.3 is 13.1 Å². The zero-order valence-corrected chi connectivity index (χ0v) is 7.29. The molecule has 0 fully saturated rings. The van der Waals surface area contributed by atoms with Crippen LogP contribution in [0.2, 0.25) is 0 Å².